The molecule has 2 amide bonds. The van der Waals surface area contributed by atoms with Crippen LogP contribution in [0.15, 0.2) is 301 Å². The van der Waals surface area contributed by atoms with Crippen molar-refractivity contribution in [2.75, 3.05) is 74.4 Å². The molecule has 664 valence electrons. The van der Waals surface area contributed by atoms with Crippen LogP contribution in [0.1, 0.15) is 123 Å². The van der Waals surface area contributed by atoms with Crippen molar-refractivity contribution in [3.63, 3.8) is 0 Å². The Balaban J connectivity index is 0.000000204. The van der Waals surface area contributed by atoms with Crippen molar-refractivity contribution in [1.29, 1.82) is 0 Å². The van der Waals surface area contributed by atoms with Gasteiger partial charge >= 0.3 is 23.9 Å². The summed E-state index contributed by atoms with van der Waals surface area (Å²) in [5.41, 5.74) is 13.4. The molecule has 23 nitrogen and oxygen atoms in total. The Hall–Kier alpha value is -13.4. The van der Waals surface area contributed by atoms with Gasteiger partial charge < -0.3 is 72.8 Å². The van der Waals surface area contributed by atoms with E-state index in [-0.39, 0.29) is 77.0 Å². The molecule has 0 bridgehead atoms. The number of rotatable bonds is 35. The van der Waals surface area contributed by atoms with Gasteiger partial charge in [-0.2, -0.15) is 0 Å². The lowest BCUT2D eigenvalue weighted by Gasteiger charge is -2.36. The number of carboxylic acid groups (broad SMARTS) is 1. The highest BCUT2D eigenvalue weighted by Gasteiger charge is 2.40. The number of hydrogen-bond donors (Lipinski definition) is 5. The lowest BCUT2D eigenvalue weighted by atomic mass is 9.80. The first-order chi connectivity index (χ1) is 62.8. The van der Waals surface area contributed by atoms with E-state index in [1.807, 2.05) is 258 Å². The highest BCUT2D eigenvalue weighted by Crippen LogP contribution is 2.45. The number of carbonyl (C=O) groups excluding carboxylic acids is 5. The van der Waals surface area contributed by atoms with E-state index in [1.54, 1.807) is 51.9 Å². The number of carbonyl (C=O) groups is 6. The van der Waals surface area contributed by atoms with Gasteiger partial charge in [0, 0.05) is 72.9 Å². The fourth-order valence-corrected chi connectivity index (χ4v) is 16.8. The number of aliphatic hydroxyl groups excluding tert-OH is 1. The first-order valence-corrected chi connectivity index (χ1v) is 44.1. The average Bonchev–Trinajstić information content (AvgIpc) is 1.46. The lowest BCUT2D eigenvalue weighted by Crippen LogP contribution is -3.11. The SMILES string of the molecule is CC[NH+](CC)CC.COc1ccc(C(OCCNC(=O)c2c(Br)c3ccc(-c4cccnc4)cc3n2Cc2ccc(CO)cc2)(c2ccccc2)c2ccc(OC)cc2)cc1.COc1ccc(C(OCCNC(=O)c2c(Br)c3ccc(-c4cccnc4)cc3n2Cc2ccc(COC(=O)CCC(=O)O)cc2)(c2ccccc2)c2ccc(OC)cc2)cc1.O=C1CCC(=O)O1. The number of aliphatic hydroxyl groups is 1. The lowest BCUT2D eigenvalue weighted by molar-refractivity contribution is -0.894. The number of amides is 2. The van der Waals surface area contributed by atoms with Crippen LogP contribution < -0.4 is 34.5 Å². The van der Waals surface area contributed by atoms with Gasteiger partial charge in [0.1, 0.15) is 52.2 Å². The molecule has 0 atom stereocenters. The molecular formula is C104H104Br2N7O16+. The minimum Gasteiger partial charge on any atom is -0.497 e. The molecule has 0 aliphatic carbocycles. The third-order valence-corrected chi connectivity index (χ3v) is 23.9. The summed E-state index contributed by atoms with van der Waals surface area (Å²) in [5.74, 6) is -0.0577. The first kappa shape index (κ1) is 94.7. The molecule has 0 unspecified atom stereocenters. The standard InChI is InChI=1S/C49H44BrN3O8.C45H40BrN3O5.C6H15N.C4H4O3/c1-58-40-19-15-38(16-20-40)49(37-8-4-3-5-9-37,39-17-21-41(59-2)22-18-39)61-28-27-52-48(57)47-46(50)42-23-14-35(36-7-6-26-51-30-36)29-43(42)53(47)31-33-10-12-34(13-11-33)32-60-45(56)25-24-44(54)55;1-52-38-19-15-36(16-20-38)45(35-8-4-3-5-9-35,37-17-21-39(53-2)22-18-37)54-26-25-48-44(51)43-42(46)40-23-14-33(34-7-6-24-47-28-34)27-41(40)49(43)29-31-10-12-32(30-50)13-11-31;1-4-7(5-2)6-3;5-3-1-2-4(6)7-3/h3-23,26,29-30H,24-25,27-28,31-32H2,1-2H3,(H,52,57)(H,54,55);3-24,27-28,50H,25-26,29-30H2,1-2H3,(H,48,51);4-6H2,1-3H3;1-2H2/p+1. The summed E-state index contributed by atoms with van der Waals surface area (Å²) >= 11 is 7.59. The number of carboxylic acids is 1. The predicted octanol–water partition coefficient (Wildman–Crippen LogP) is 17.7. The van der Waals surface area contributed by atoms with Gasteiger partial charge in [-0.1, -0.05) is 194 Å². The van der Waals surface area contributed by atoms with Crippen LogP contribution in [0.5, 0.6) is 23.0 Å². The molecular weight excluding hydrogens is 1760 g/mol. The van der Waals surface area contributed by atoms with Gasteiger partial charge in [-0.15, -0.1) is 0 Å². The van der Waals surface area contributed by atoms with Gasteiger partial charge in [0.25, 0.3) is 11.8 Å². The number of hydrogen-bond acceptors (Lipinski definition) is 17. The molecule has 25 heteroatoms. The van der Waals surface area contributed by atoms with E-state index in [2.05, 4.69) is 102 Å². The van der Waals surface area contributed by atoms with Crippen molar-refractivity contribution in [3.05, 3.63) is 368 Å². The summed E-state index contributed by atoms with van der Waals surface area (Å²) in [7, 11) is 6.55. The summed E-state index contributed by atoms with van der Waals surface area (Å²) < 4.78 is 50.7. The van der Waals surface area contributed by atoms with E-state index >= 15 is 0 Å². The monoisotopic (exact) mass is 1860 g/mol. The molecule has 1 aliphatic heterocycles. The number of benzene rings is 10. The predicted molar refractivity (Wildman–Crippen MR) is 504 cm³/mol. The molecule has 10 aromatic carbocycles. The van der Waals surface area contributed by atoms with E-state index in [0.29, 0.717) is 44.9 Å². The number of aliphatic carboxylic acids is 1. The highest BCUT2D eigenvalue weighted by atomic mass is 79.9. The van der Waals surface area contributed by atoms with E-state index < -0.39 is 35.1 Å². The molecule has 129 heavy (non-hydrogen) atoms. The number of methoxy groups -OCH3 is 4. The molecule has 5 heterocycles. The molecule has 0 spiro atoms. The van der Waals surface area contributed by atoms with Gasteiger partial charge in [0.05, 0.1) is 114 Å². The molecule has 1 aliphatic rings. The molecule has 0 saturated carbocycles. The van der Waals surface area contributed by atoms with Crippen molar-refractivity contribution in [3.8, 4) is 45.3 Å². The third kappa shape index (κ3) is 23.7. The Bertz CT molecular complexity index is 5930. The van der Waals surface area contributed by atoms with E-state index in [1.165, 1.54) is 19.6 Å². The molecule has 14 aromatic rings. The van der Waals surface area contributed by atoms with Crippen molar-refractivity contribution < 1.29 is 81.8 Å². The van der Waals surface area contributed by atoms with Crippen LogP contribution in [-0.2, 0) is 75.6 Å². The summed E-state index contributed by atoms with van der Waals surface area (Å²) in [4.78, 5) is 81.9. The normalized spacial score (nSPS) is 11.7. The van der Waals surface area contributed by atoms with Crippen LogP contribution in [0.3, 0.4) is 0 Å². The second kappa shape index (κ2) is 46.4. The van der Waals surface area contributed by atoms with Gasteiger partial charge in [-0.05, 0) is 192 Å². The van der Waals surface area contributed by atoms with Crippen LogP contribution in [0, 0.1) is 0 Å². The second-order valence-electron chi connectivity index (χ2n) is 30.2. The Kier molecular flexibility index (Phi) is 34.0. The average molecular weight is 1870 g/mol. The zero-order chi connectivity index (χ0) is 91.2. The molecule has 15 rings (SSSR count). The second-order valence-corrected chi connectivity index (χ2v) is 31.8. The highest BCUT2D eigenvalue weighted by molar-refractivity contribution is 9.11. The van der Waals surface area contributed by atoms with Crippen molar-refractivity contribution in [1.82, 2.24) is 29.7 Å². The van der Waals surface area contributed by atoms with E-state index in [0.717, 1.165) is 111 Å². The van der Waals surface area contributed by atoms with Crippen LogP contribution in [0.25, 0.3) is 44.1 Å². The number of pyridine rings is 2. The number of quaternary nitrogens is 1. The number of cyclic esters (lactones) is 2. The quantitative estimate of drug-likeness (QED) is 0.0107. The molecule has 0 radical (unpaired) electrons. The molecule has 1 saturated heterocycles. The first-order valence-electron chi connectivity index (χ1n) is 42.5. The van der Waals surface area contributed by atoms with Gasteiger partial charge in [0.2, 0.25) is 0 Å². The number of fused-ring (bicyclic) bond motifs is 2. The summed E-state index contributed by atoms with van der Waals surface area (Å²) in [6.45, 7) is 12.0. The van der Waals surface area contributed by atoms with Crippen LogP contribution in [-0.4, -0.2) is 139 Å². The smallest absolute Gasteiger partial charge is 0.314 e. The minimum atomic E-state index is -1.06. The minimum absolute atomic E-state index is 0.0173. The van der Waals surface area contributed by atoms with Gasteiger partial charge in [-0.3, -0.25) is 38.7 Å². The number of ether oxygens (including phenoxy) is 8. The van der Waals surface area contributed by atoms with Crippen molar-refractivity contribution in [2.45, 2.75) is 84.0 Å². The maximum Gasteiger partial charge on any atom is 0.314 e. The van der Waals surface area contributed by atoms with Crippen LogP contribution in [0.4, 0.5) is 0 Å². The van der Waals surface area contributed by atoms with Crippen LogP contribution in [0.2, 0.25) is 0 Å². The number of aromatic nitrogens is 4. The number of nitrogens with zero attached hydrogens (tertiary/aromatic N) is 4. The van der Waals surface area contributed by atoms with Crippen molar-refractivity contribution >= 4 is 89.4 Å². The Morgan fingerprint density at radius 1 is 0.442 bits per heavy atom. The fourth-order valence-electron chi connectivity index (χ4n) is 15.4. The van der Waals surface area contributed by atoms with Gasteiger partial charge in [0.15, 0.2) is 0 Å². The molecule has 1 fully saturated rings. The van der Waals surface area contributed by atoms with E-state index in [9.17, 15) is 33.9 Å². The van der Waals surface area contributed by atoms with Crippen molar-refractivity contribution in [2.24, 2.45) is 0 Å². The summed E-state index contributed by atoms with van der Waals surface area (Å²) in [5, 5.41) is 26.6. The summed E-state index contributed by atoms with van der Waals surface area (Å²) in [6, 6.07) is 86.7. The fraction of sp³-hybridized carbons (Fsp3) is 0.231. The van der Waals surface area contributed by atoms with Gasteiger partial charge in [-0.25, -0.2) is 0 Å². The Morgan fingerprint density at radius 3 is 1.11 bits per heavy atom. The largest absolute Gasteiger partial charge is 0.497 e. The van der Waals surface area contributed by atoms with E-state index in [4.69, 9.17) is 38.3 Å². The zero-order valence-corrected chi connectivity index (χ0v) is 76.1. The molecule has 5 N–H and O–H groups in total. The van der Waals surface area contributed by atoms with Crippen LogP contribution >= 0.6 is 31.9 Å². The topological polar surface area (TPSA) is 281 Å². The third-order valence-electron chi connectivity index (χ3n) is 22.3. The number of esters is 3. The Labute approximate surface area is 767 Å². The maximum absolute atomic E-state index is 14.4. The number of nitrogens with one attached hydrogen (secondary N) is 3. The summed E-state index contributed by atoms with van der Waals surface area (Å²) in [6.07, 6.45) is 7.16. The zero-order valence-electron chi connectivity index (χ0n) is 73.0. The maximum atomic E-state index is 14.4. The number of halogens is 2. The Morgan fingerprint density at radius 2 is 0.798 bits per heavy atom. The molecule has 4 aromatic heterocycles.